The van der Waals surface area contributed by atoms with Gasteiger partial charge >= 0.3 is 0 Å². The molecule has 0 bridgehead atoms. The van der Waals surface area contributed by atoms with E-state index in [1.807, 2.05) is 31.2 Å². The van der Waals surface area contributed by atoms with Gasteiger partial charge in [0.25, 0.3) is 0 Å². The molecular formula is C23H27N5O5. The summed E-state index contributed by atoms with van der Waals surface area (Å²) in [5, 5.41) is 14.8. The van der Waals surface area contributed by atoms with E-state index in [0.717, 1.165) is 5.56 Å². The first kappa shape index (κ1) is 22.4. The largest absolute Gasteiger partial charge is 0.495 e. The summed E-state index contributed by atoms with van der Waals surface area (Å²) in [5.74, 6) is -1.61. The van der Waals surface area contributed by atoms with Gasteiger partial charge in [0.15, 0.2) is 6.29 Å². The molecule has 174 valence electrons. The number of carbonyl (C=O) groups excluding carboxylic acids is 3. The van der Waals surface area contributed by atoms with Crippen LogP contribution in [0.2, 0.25) is 0 Å². The summed E-state index contributed by atoms with van der Waals surface area (Å²) >= 11 is 0. The van der Waals surface area contributed by atoms with E-state index in [0.29, 0.717) is 22.9 Å². The quantitative estimate of drug-likeness (QED) is 0.444. The van der Waals surface area contributed by atoms with Gasteiger partial charge in [-0.3, -0.25) is 19.7 Å². The second-order valence-corrected chi connectivity index (χ2v) is 8.03. The van der Waals surface area contributed by atoms with Crippen LogP contribution in [0, 0.1) is 18.8 Å². The van der Waals surface area contributed by atoms with Crippen LogP contribution < -0.4 is 36.1 Å². The predicted octanol–water partition coefficient (Wildman–Crippen LogP) is 1.14. The van der Waals surface area contributed by atoms with Crippen molar-refractivity contribution in [3.63, 3.8) is 0 Å². The minimum atomic E-state index is -0.853. The summed E-state index contributed by atoms with van der Waals surface area (Å²) in [6.07, 6.45) is -1.49. The SMILES string of the molecule is COc1ccc(C)cc1NC(=O)C1CC(=O)NC2NC(Nc3ccccc3OC)NC(=O)C21. The van der Waals surface area contributed by atoms with E-state index < -0.39 is 30.2 Å². The fourth-order valence-electron chi connectivity index (χ4n) is 4.22. The number of methoxy groups -OCH3 is 2. The number of anilines is 2. The zero-order valence-corrected chi connectivity index (χ0v) is 18.6. The lowest BCUT2D eigenvalue weighted by molar-refractivity contribution is -0.144. The Bertz CT molecular complexity index is 1070. The number of ether oxygens (including phenoxy) is 2. The summed E-state index contributed by atoms with van der Waals surface area (Å²) in [6.45, 7) is 1.90. The number of nitrogens with one attached hydrogen (secondary N) is 5. The summed E-state index contributed by atoms with van der Waals surface area (Å²) < 4.78 is 10.7. The van der Waals surface area contributed by atoms with E-state index in [9.17, 15) is 14.4 Å². The van der Waals surface area contributed by atoms with Crippen molar-refractivity contribution in [2.24, 2.45) is 11.8 Å². The number of aryl methyl sites for hydroxylation is 1. The van der Waals surface area contributed by atoms with Crippen LogP contribution in [-0.4, -0.2) is 44.4 Å². The monoisotopic (exact) mass is 453 g/mol. The lowest BCUT2D eigenvalue weighted by atomic mass is 9.81. The first-order valence-corrected chi connectivity index (χ1v) is 10.6. The fraction of sp³-hybridized carbons (Fsp3) is 0.348. The third-order valence-electron chi connectivity index (χ3n) is 5.81. The molecule has 2 heterocycles. The van der Waals surface area contributed by atoms with Crippen LogP contribution in [-0.2, 0) is 14.4 Å². The van der Waals surface area contributed by atoms with Crippen molar-refractivity contribution >= 4 is 29.1 Å². The molecule has 4 unspecified atom stereocenters. The van der Waals surface area contributed by atoms with Crippen molar-refractivity contribution in [3.8, 4) is 11.5 Å². The molecule has 2 aromatic carbocycles. The Kier molecular flexibility index (Phi) is 6.36. The highest BCUT2D eigenvalue weighted by Gasteiger charge is 2.48. The Morgan fingerprint density at radius 1 is 1.00 bits per heavy atom. The molecule has 2 saturated heterocycles. The van der Waals surface area contributed by atoms with Crippen molar-refractivity contribution in [2.75, 3.05) is 24.9 Å². The van der Waals surface area contributed by atoms with Gasteiger partial charge in [-0.15, -0.1) is 0 Å². The third kappa shape index (κ3) is 4.70. The van der Waals surface area contributed by atoms with Crippen molar-refractivity contribution in [1.82, 2.24) is 16.0 Å². The molecule has 10 heteroatoms. The minimum absolute atomic E-state index is 0.0964. The average Bonchev–Trinajstić information content (AvgIpc) is 2.78. The third-order valence-corrected chi connectivity index (χ3v) is 5.81. The Morgan fingerprint density at radius 3 is 2.48 bits per heavy atom. The van der Waals surface area contributed by atoms with E-state index >= 15 is 0 Å². The van der Waals surface area contributed by atoms with Crippen LogP contribution in [0.25, 0.3) is 0 Å². The molecule has 5 N–H and O–H groups in total. The number of piperidine rings is 1. The van der Waals surface area contributed by atoms with Crippen LogP contribution >= 0.6 is 0 Å². The molecule has 2 fully saturated rings. The smallest absolute Gasteiger partial charge is 0.229 e. The normalized spacial score (nSPS) is 24.1. The van der Waals surface area contributed by atoms with E-state index in [1.54, 1.807) is 25.3 Å². The molecule has 10 nitrogen and oxygen atoms in total. The van der Waals surface area contributed by atoms with Crippen LogP contribution in [0.4, 0.5) is 11.4 Å². The Morgan fingerprint density at radius 2 is 1.73 bits per heavy atom. The maximum absolute atomic E-state index is 13.2. The van der Waals surface area contributed by atoms with Gasteiger partial charge < -0.3 is 30.7 Å². The number of carbonyl (C=O) groups is 3. The van der Waals surface area contributed by atoms with Gasteiger partial charge in [0.1, 0.15) is 11.5 Å². The van der Waals surface area contributed by atoms with Crippen molar-refractivity contribution in [1.29, 1.82) is 0 Å². The molecule has 4 atom stereocenters. The number of hydrogen-bond donors (Lipinski definition) is 5. The molecule has 0 aromatic heterocycles. The van der Waals surface area contributed by atoms with Gasteiger partial charge in [0, 0.05) is 6.42 Å². The van der Waals surface area contributed by atoms with Gasteiger partial charge in [-0.05, 0) is 36.8 Å². The number of amides is 3. The number of rotatable bonds is 6. The van der Waals surface area contributed by atoms with Crippen molar-refractivity contribution in [2.45, 2.75) is 25.8 Å². The Hall–Kier alpha value is -3.79. The molecule has 0 aliphatic carbocycles. The van der Waals surface area contributed by atoms with Crippen LogP contribution in [0.15, 0.2) is 42.5 Å². The Labute approximate surface area is 191 Å². The number of fused-ring (bicyclic) bond motifs is 1. The van der Waals surface area contributed by atoms with Crippen molar-refractivity contribution < 1.29 is 23.9 Å². The van der Waals surface area contributed by atoms with E-state index in [4.69, 9.17) is 9.47 Å². The topological polar surface area (TPSA) is 130 Å². The van der Waals surface area contributed by atoms with E-state index in [-0.39, 0.29) is 18.2 Å². The van der Waals surface area contributed by atoms with Gasteiger partial charge in [0.2, 0.25) is 17.7 Å². The standard InChI is InChI=1S/C23H27N5O5/c1-12-8-9-17(33-3)15(10-12)24-21(30)13-11-18(29)26-20-19(13)22(31)28-23(27-20)25-14-6-4-5-7-16(14)32-2/h4-10,13,19-20,23,25,27H,11H2,1-3H3,(H,24,30)(H,26,29)(H,28,31). The lowest BCUT2D eigenvalue weighted by Crippen LogP contribution is -2.72. The lowest BCUT2D eigenvalue weighted by Gasteiger charge is -2.43. The molecule has 2 aromatic rings. The van der Waals surface area contributed by atoms with Crippen LogP contribution in [0.3, 0.4) is 0 Å². The molecular weight excluding hydrogens is 426 g/mol. The molecule has 2 aliphatic rings. The summed E-state index contributed by atoms with van der Waals surface area (Å²) in [4.78, 5) is 38.6. The second kappa shape index (κ2) is 9.37. The Balaban J connectivity index is 1.51. The zero-order chi connectivity index (χ0) is 23.5. The molecule has 0 radical (unpaired) electrons. The first-order chi connectivity index (χ1) is 15.9. The van der Waals surface area contributed by atoms with Crippen molar-refractivity contribution in [3.05, 3.63) is 48.0 Å². The maximum Gasteiger partial charge on any atom is 0.229 e. The molecule has 0 saturated carbocycles. The summed E-state index contributed by atoms with van der Waals surface area (Å²) in [6, 6.07) is 12.7. The highest BCUT2D eigenvalue weighted by Crippen LogP contribution is 2.31. The number of para-hydroxylation sites is 2. The molecule has 33 heavy (non-hydrogen) atoms. The highest BCUT2D eigenvalue weighted by molar-refractivity contribution is 6.01. The van der Waals surface area contributed by atoms with Gasteiger partial charge in [-0.2, -0.15) is 0 Å². The molecule has 4 rings (SSSR count). The number of benzene rings is 2. The average molecular weight is 453 g/mol. The summed E-state index contributed by atoms with van der Waals surface area (Å²) in [7, 11) is 3.06. The van der Waals surface area contributed by atoms with Crippen LogP contribution in [0.1, 0.15) is 12.0 Å². The van der Waals surface area contributed by atoms with E-state index in [2.05, 4.69) is 26.6 Å². The first-order valence-electron chi connectivity index (χ1n) is 10.6. The van der Waals surface area contributed by atoms with E-state index in [1.165, 1.54) is 7.11 Å². The molecule has 2 aliphatic heterocycles. The zero-order valence-electron chi connectivity index (χ0n) is 18.6. The predicted molar refractivity (Wildman–Crippen MR) is 122 cm³/mol. The molecule has 0 spiro atoms. The second-order valence-electron chi connectivity index (χ2n) is 8.03. The summed E-state index contributed by atoms with van der Waals surface area (Å²) in [5.41, 5.74) is 2.09. The molecule has 3 amide bonds. The van der Waals surface area contributed by atoms with Gasteiger partial charge in [-0.1, -0.05) is 18.2 Å². The minimum Gasteiger partial charge on any atom is -0.495 e. The van der Waals surface area contributed by atoms with Crippen LogP contribution in [0.5, 0.6) is 11.5 Å². The van der Waals surface area contributed by atoms with Gasteiger partial charge in [-0.25, -0.2) is 0 Å². The fourth-order valence-corrected chi connectivity index (χ4v) is 4.22. The number of hydrogen-bond acceptors (Lipinski definition) is 7. The highest BCUT2D eigenvalue weighted by atomic mass is 16.5. The van der Waals surface area contributed by atoms with Gasteiger partial charge in [0.05, 0.1) is 43.6 Å². The maximum atomic E-state index is 13.2.